The summed E-state index contributed by atoms with van der Waals surface area (Å²) in [6.45, 7) is 8.35. The summed E-state index contributed by atoms with van der Waals surface area (Å²) >= 11 is 0. The van der Waals surface area contributed by atoms with Gasteiger partial charge in [-0.15, -0.1) is 0 Å². The first-order valence-electron chi connectivity index (χ1n) is 7.49. The minimum absolute atomic E-state index is 0.552. The first-order chi connectivity index (χ1) is 9.81. The third-order valence-electron chi connectivity index (χ3n) is 3.42. The van der Waals surface area contributed by atoms with E-state index in [0.717, 1.165) is 30.4 Å². The zero-order valence-corrected chi connectivity index (χ0v) is 12.6. The van der Waals surface area contributed by atoms with Gasteiger partial charge in [0.2, 0.25) is 0 Å². The number of nitrogens with one attached hydrogen (secondary N) is 1. The molecule has 0 amide bonds. The Kier molecular flexibility index (Phi) is 5.30. The van der Waals surface area contributed by atoms with Crippen molar-refractivity contribution in [2.24, 2.45) is 5.92 Å². The molecule has 1 fully saturated rings. The Morgan fingerprint density at radius 1 is 1.25 bits per heavy atom. The van der Waals surface area contributed by atoms with Crippen LogP contribution in [0.5, 0.6) is 0 Å². The molecule has 0 bridgehead atoms. The maximum atomic E-state index is 4.58. The summed E-state index contributed by atoms with van der Waals surface area (Å²) in [6.07, 6.45) is 5.07. The minimum Gasteiger partial charge on any atom is -0.312 e. The average Bonchev–Trinajstić information content (AvgIpc) is 3.12. The molecule has 4 nitrogen and oxygen atoms in total. The zero-order valence-electron chi connectivity index (χ0n) is 12.6. The van der Waals surface area contributed by atoms with E-state index in [0.29, 0.717) is 6.04 Å². The van der Waals surface area contributed by atoms with Crippen LogP contribution in [0.3, 0.4) is 0 Å². The first kappa shape index (κ1) is 14.7. The fraction of sp³-hybridized carbons (Fsp3) is 0.500. The highest BCUT2D eigenvalue weighted by atomic mass is 15.3. The molecule has 4 heteroatoms. The molecule has 1 aliphatic heterocycles. The fourth-order valence-corrected chi connectivity index (χ4v) is 2.50. The van der Waals surface area contributed by atoms with Crippen LogP contribution in [0.15, 0.2) is 36.7 Å². The van der Waals surface area contributed by atoms with E-state index in [4.69, 9.17) is 0 Å². The number of hydrogen-bond donors (Lipinski definition) is 1. The largest absolute Gasteiger partial charge is 0.312 e. The summed E-state index contributed by atoms with van der Waals surface area (Å²) in [5, 5.41) is 8.11. The van der Waals surface area contributed by atoms with Crippen LogP contribution in [-0.2, 0) is 6.54 Å². The van der Waals surface area contributed by atoms with E-state index in [1.54, 1.807) is 6.20 Å². The molecule has 3 heterocycles. The van der Waals surface area contributed by atoms with Gasteiger partial charge < -0.3 is 5.32 Å². The summed E-state index contributed by atoms with van der Waals surface area (Å²) in [5.41, 5.74) is 1.88. The molecule has 0 saturated carbocycles. The van der Waals surface area contributed by atoms with Crippen molar-refractivity contribution in [3.05, 3.63) is 36.7 Å². The Morgan fingerprint density at radius 2 is 2.10 bits per heavy atom. The zero-order chi connectivity index (χ0) is 14.4. The lowest BCUT2D eigenvalue weighted by Gasteiger charge is -2.09. The van der Waals surface area contributed by atoms with Gasteiger partial charge in [-0.25, -0.2) is 0 Å². The number of pyridine rings is 1. The molecule has 0 aromatic carbocycles. The van der Waals surface area contributed by atoms with Gasteiger partial charge in [-0.1, -0.05) is 26.8 Å². The van der Waals surface area contributed by atoms with Crippen molar-refractivity contribution in [1.82, 2.24) is 20.1 Å². The highest BCUT2D eigenvalue weighted by Crippen LogP contribution is 2.16. The minimum atomic E-state index is 0.552. The molecule has 108 valence electrons. The molecular formula is C16H24N4. The fourth-order valence-electron chi connectivity index (χ4n) is 2.50. The second-order valence-corrected chi connectivity index (χ2v) is 5.08. The number of nitrogens with zero attached hydrogens (tertiary/aromatic N) is 3. The molecule has 3 rings (SSSR count). The summed E-state index contributed by atoms with van der Waals surface area (Å²) in [5.74, 6) is 0.779. The predicted octanol–water partition coefficient (Wildman–Crippen LogP) is 2.97. The summed E-state index contributed by atoms with van der Waals surface area (Å²) in [7, 11) is 0. The Bertz CT molecular complexity index is 506. The molecule has 1 unspecified atom stereocenters. The van der Waals surface area contributed by atoms with Crippen molar-refractivity contribution in [3.8, 4) is 11.4 Å². The van der Waals surface area contributed by atoms with E-state index in [1.807, 2.05) is 49.0 Å². The molecule has 0 aliphatic carbocycles. The number of aromatic nitrogens is 3. The lowest BCUT2D eigenvalue weighted by molar-refractivity contribution is 0.469. The Hall–Kier alpha value is -1.68. The van der Waals surface area contributed by atoms with Crippen molar-refractivity contribution >= 4 is 0 Å². The van der Waals surface area contributed by atoms with Crippen LogP contribution < -0.4 is 5.32 Å². The standard InChI is InChI=1S/C14H18N4.C2H6/c1-11-8-12(16-9-11)10-18-7-5-14(17-18)13-4-2-3-6-15-13;1-2/h2-7,11-12,16H,8-10H2,1H3;1-2H3/t11-,12?;/m0./s1. The van der Waals surface area contributed by atoms with Gasteiger partial charge in [0, 0.05) is 18.4 Å². The van der Waals surface area contributed by atoms with Crippen LogP contribution in [0, 0.1) is 5.92 Å². The van der Waals surface area contributed by atoms with E-state index in [2.05, 4.69) is 22.3 Å². The van der Waals surface area contributed by atoms with E-state index < -0.39 is 0 Å². The molecule has 2 atom stereocenters. The average molecular weight is 272 g/mol. The summed E-state index contributed by atoms with van der Waals surface area (Å²) in [6, 6.07) is 8.48. The highest BCUT2D eigenvalue weighted by Gasteiger charge is 2.20. The van der Waals surface area contributed by atoms with Gasteiger partial charge in [-0.05, 0) is 37.1 Å². The normalized spacial score (nSPS) is 21.4. The Labute approximate surface area is 121 Å². The molecule has 2 aromatic rings. The smallest absolute Gasteiger partial charge is 0.111 e. The third kappa shape index (κ3) is 3.67. The molecule has 0 spiro atoms. The van der Waals surface area contributed by atoms with Crippen LogP contribution in [0.25, 0.3) is 11.4 Å². The molecule has 1 saturated heterocycles. The first-order valence-corrected chi connectivity index (χ1v) is 7.49. The van der Waals surface area contributed by atoms with Gasteiger partial charge in [0.25, 0.3) is 0 Å². The van der Waals surface area contributed by atoms with Crippen molar-refractivity contribution in [2.45, 2.75) is 39.8 Å². The lowest BCUT2D eigenvalue weighted by atomic mass is 10.1. The third-order valence-corrected chi connectivity index (χ3v) is 3.42. The molecule has 2 aromatic heterocycles. The van der Waals surface area contributed by atoms with Gasteiger partial charge in [-0.3, -0.25) is 9.67 Å². The van der Waals surface area contributed by atoms with Crippen LogP contribution in [0.1, 0.15) is 27.2 Å². The van der Waals surface area contributed by atoms with Crippen molar-refractivity contribution in [1.29, 1.82) is 0 Å². The molecule has 1 N–H and O–H groups in total. The van der Waals surface area contributed by atoms with Gasteiger partial charge in [0.1, 0.15) is 5.69 Å². The van der Waals surface area contributed by atoms with Gasteiger partial charge in [0.05, 0.1) is 12.2 Å². The van der Waals surface area contributed by atoms with E-state index in [1.165, 1.54) is 6.42 Å². The van der Waals surface area contributed by atoms with Crippen molar-refractivity contribution < 1.29 is 0 Å². The summed E-state index contributed by atoms with van der Waals surface area (Å²) < 4.78 is 2.01. The molecule has 20 heavy (non-hydrogen) atoms. The number of rotatable bonds is 3. The maximum Gasteiger partial charge on any atom is 0.111 e. The van der Waals surface area contributed by atoms with Crippen LogP contribution >= 0.6 is 0 Å². The predicted molar refractivity (Wildman–Crippen MR) is 82.4 cm³/mol. The number of hydrogen-bond acceptors (Lipinski definition) is 3. The highest BCUT2D eigenvalue weighted by molar-refractivity contribution is 5.52. The lowest BCUT2D eigenvalue weighted by Crippen LogP contribution is -2.26. The van der Waals surface area contributed by atoms with Crippen LogP contribution in [0.4, 0.5) is 0 Å². The second kappa shape index (κ2) is 7.20. The maximum absolute atomic E-state index is 4.58. The quantitative estimate of drug-likeness (QED) is 0.934. The molecule has 0 radical (unpaired) electrons. The SMILES string of the molecule is CC.C[C@@H]1CNC(Cn2ccc(-c3ccccn3)n2)C1. The van der Waals surface area contributed by atoms with E-state index in [-0.39, 0.29) is 0 Å². The Balaban J connectivity index is 0.000000704. The molecular weight excluding hydrogens is 248 g/mol. The van der Waals surface area contributed by atoms with Gasteiger partial charge in [0.15, 0.2) is 0 Å². The monoisotopic (exact) mass is 272 g/mol. The van der Waals surface area contributed by atoms with Crippen LogP contribution in [0.2, 0.25) is 0 Å². The van der Waals surface area contributed by atoms with E-state index in [9.17, 15) is 0 Å². The topological polar surface area (TPSA) is 42.7 Å². The van der Waals surface area contributed by atoms with Gasteiger partial charge in [-0.2, -0.15) is 5.10 Å². The van der Waals surface area contributed by atoms with Crippen molar-refractivity contribution in [3.63, 3.8) is 0 Å². The Morgan fingerprint density at radius 3 is 2.75 bits per heavy atom. The van der Waals surface area contributed by atoms with Crippen LogP contribution in [-0.4, -0.2) is 27.4 Å². The molecule has 1 aliphatic rings. The summed E-state index contributed by atoms with van der Waals surface area (Å²) in [4.78, 5) is 4.31. The second-order valence-electron chi connectivity index (χ2n) is 5.08. The van der Waals surface area contributed by atoms with Crippen molar-refractivity contribution in [2.75, 3.05) is 6.54 Å². The van der Waals surface area contributed by atoms with Gasteiger partial charge >= 0.3 is 0 Å². The van der Waals surface area contributed by atoms with E-state index >= 15 is 0 Å².